The van der Waals surface area contributed by atoms with Crippen molar-refractivity contribution in [1.82, 2.24) is 20.2 Å². The molecular formula is C22H20F3N7O3S2. The normalized spacial score (nSPS) is 16.6. The summed E-state index contributed by atoms with van der Waals surface area (Å²) in [5.74, 6) is -1.05. The van der Waals surface area contributed by atoms with Crippen LogP contribution in [-0.4, -0.2) is 58.7 Å². The second-order valence-electron chi connectivity index (χ2n) is 8.04. The second kappa shape index (κ2) is 10.4. The van der Waals surface area contributed by atoms with Gasteiger partial charge in [-0.15, -0.1) is 23.4 Å². The number of fused-ring (bicyclic) bond motifs is 1. The summed E-state index contributed by atoms with van der Waals surface area (Å²) in [5.41, 5.74) is 0.929. The molecule has 10 nitrogen and oxygen atoms in total. The number of hydrogen-bond acceptors (Lipinski definition) is 11. The topological polar surface area (TPSA) is 114 Å². The van der Waals surface area contributed by atoms with Crippen molar-refractivity contribution in [2.75, 3.05) is 35.7 Å². The van der Waals surface area contributed by atoms with Crippen LogP contribution >= 0.6 is 22.7 Å². The van der Waals surface area contributed by atoms with E-state index in [1.54, 1.807) is 17.5 Å². The minimum atomic E-state index is -4.85. The Hall–Kier alpha value is -3.56. The number of thiazole rings is 1. The van der Waals surface area contributed by atoms with Gasteiger partial charge < -0.3 is 19.7 Å². The van der Waals surface area contributed by atoms with Crippen LogP contribution in [0.25, 0.3) is 10.3 Å². The minimum Gasteiger partial charge on any atom is -0.406 e. The van der Waals surface area contributed by atoms with Gasteiger partial charge in [0.2, 0.25) is 10.3 Å². The van der Waals surface area contributed by atoms with E-state index < -0.39 is 24.1 Å². The van der Waals surface area contributed by atoms with Crippen LogP contribution in [0.3, 0.4) is 0 Å². The monoisotopic (exact) mass is 551 g/mol. The number of ether oxygens (including phenoxy) is 2. The Kier molecular flexibility index (Phi) is 7.08. The molecule has 0 bridgehead atoms. The van der Waals surface area contributed by atoms with Gasteiger partial charge in [0, 0.05) is 32.4 Å². The number of carbonyl (C=O) groups is 1. The fraction of sp³-hybridized carbons (Fsp3) is 0.318. The molecule has 1 amide bonds. The number of nitrogens with one attached hydrogen (secondary N) is 2. The summed E-state index contributed by atoms with van der Waals surface area (Å²) in [7, 11) is 1.28. The van der Waals surface area contributed by atoms with Crippen LogP contribution in [0.5, 0.6) is 5.75 Å². The smallest absolute Gasteiger partial charge is 0.406 e. The Bertz CT molecular complexity index is 1360. The molecule has 4 heterocycles. The van der Waals surface area contributed by atoms with Gasteiger partial charge in [-0.1, -0.05) is 34.8 Å². The lowest BCUT2D eigenvalue weighted by Crippen LogP contribution is -2.25. The molecule has 2 atom stereocenters. The molecule has 194 valence electrons. The van der Waals surface area contributed by atoms with Gasteiger partial charge in [0.25, 0.3) is 5.91 Å². The molecule has 37 heavy (non-hydrogen) atoms. The number of carbonyl (C=O) groups excluding carboxylic acids is 1. The van der Waals surface area contributed by atoms with E-state index in [9.17, 15) is 18.0 Å². The van der Waals surface area contributed by atoms with Crippen molar-refractivity contribution in [3.63, 3.8) is 0 Å². The molecule has 0 radical (unpaired) electrons. The average molecular weight is 552 g/mol. The Morgan fingerprint density at radius 1 is 1.19 bits per heavy atom. The third kappa shape index (κ3) is 6.06. The molecule has 4 aromatic rings. The van der Waals surface area contributed by atoms with Crippen molar-refractivity contribution in [3.05, 3.63) is 48.2 Å². The maximum absolute atomic E-state index is 12.8. The van der Waals surface area contributed by atoms with E-state index in [1.807, 2.05) is 12.1 Å². The summed E-state index contributed by atoms with van der Waals surface area (Å²) < 4.78 is 47.8. The summed E-state index contributed by atoms with van der Waals surface area (Å²) in [6.45, 7) is 1.55. The van der Waals surface area contributed by atoms with E-state index in [0.29, 0.717) is 5.13 Å². The number of benzene rings is 1. The summed E-state index contributed by atoms with van der Waals surface area (Å²) in [6.07, 6.45) is -3.43. The highest BCUT2D eigenvalue weighted by molar-refractivity contribution is 7.22. The van der Waals surface area contributed by atoms with Crippen LogP contribution in [0.4, 0.5) is 28.6 Å². The van der Waals surface area contributed by atoms with Gasteiger partial charge in [0.05, 0.1) is 4.70 Å². The van der Waals surface area contributed by atoms with E-state index in [4.69, 9.17) is 4.74 Å². The van der Waals surface area contributed by atoms with E-state index in [-0.39, 0.29) is 16.7 Å². The SMILES string of the molecule is CO[C@@H](C(=O)Nc1nnc(N[C@@H]2CCN(c3nc4ncccc4s3)C2)s1)c1cccc(OC(F)(F)F)c1. The van der Waals surface area contributed by atoms with Gasteiger partial charge in [-0.25, -0.2) is 4.98 Å². The molecule has 1 aromatic carbocycles. The molecular weight excluding hydrogens is 531 g/mol. The first-order valence-electron chi connectivity index (χ1n) is 11.0. The minimum absolute atomic E-state index is 0.111. The van der Waals surface area contributed by atoms with Crippen molar-refractivity contribution < 1.29 is 27.4 Å². The van der Waals surface area contributed by atoms with Crippen LogP contribution in [0.2, 0.25) is 0 Å². The number of methoxy groups -OCH3 is 1. The Labute approximate surface area is 216 Å². The molecule has 2 N–H and O–H groups in total. The summed E-state index contributed by atoms with van der Waals surface area (Å²) in [4.78, 5) is 23.8. The molecule has 0 aliphatic carbocycles. The first-order chi connectivity index (χ1) is 17.8. The zero-order valence-electron chi connectivity index (χ0n) is 19.2. The maximum Gasteiger partial charge on any atom is 0.573 e. The van der Waals surface area contributed by atoms with Gasteiger partial charge in [0.15, 0.2) is 16.9 Å². The van der Waals surface area contributed by atoms with Crippen molar-refractivity contribution in [3.8, 4) is 5.75 Å². The molecule has 1 saturated heterocycles. The standard InChI is InChI=1S/C22H20F3N7O3S2/c1-34-16(12-4-2-5-14(10-12)35-22(23,24)25)18(33)29-20-31-30-19(37-20)27-13-7-9-32(11-13)21-28-17-15(36-21)6-3-8-26-17/h2-6,8,10,13,16H,7,9,11H2,1H3,(H,27,30)(H,29,31,33)/t13-,16-/m1/s1. The third-order valence-corrected chi connectivity index (χ3v) is 7.30. The summed E-state index contributed by atoms with van der Waals surface area (Å²) >= 11 is 2.74. The molecule has 5 rings (SSSR count). The predicted molar refractivity (Wildman–Crippen MR) is 133 cm³/mol. The van der Waals surface area contributed by atoms with Gasteiger partial charge in [0.1, 0.15) is 5.75 Å². The molecule has 1 aliphatic heterocycles. The van der Waals surface area contributed by atoms with E-state index in [1.165, 1.54) is 19.2 Å². The number of aromatic nitrogens is 4. The van der Waals surface area contributed by atoms with Crippen molar-refractivity contribution in [1.29, 1.82) is 0 Å². The molecule has 1 fully saturated rings. The number of nitrogens with zero attached hydrogens (tertiary/aromatic N) is 5. The van der Waals surface area contributed by atoms with Gasteiger partial charge in [-0.3, -0.25) is 10.1 Å². The second-order valence-corrected chi connectivity index (χ2v) is 10.0. The number of amides is 1. The Morgan fingerprint density at radius 3 is 2.81 bits per heavy atom. The van der Waals surface area contributed by atoms with Crippen LogP contribution in [0.1, 0.15) is 18.1 Å². The number of rotatable bonds is 8. The fourth-order valence-corrected chi connectivity index (χ4v) is 5.58. The average Bonchev–Trinajstić information content (AvgIpc) is 3.58. The molecule has 0 saturated carbocycles. The molecule has 1 aliphatic rings. The van der Waals surface area contributed by atoms with E-state index >= 15 is 0 Å². The van der Waals surface area contributed by atoms with Gasteiger partial charge in [-0.2, -0.15) is 4.98 Å². The Morgan fingerprint density at radius 2 is 2.03 bits per heavy atom. The zero-order valence-corrected chi connectivity index (χ0v) is 20.9. The predicted octanol–water partition coefficient (Wildman–Crippen LogP) is 4.46. The first kappa shape index (κ1) is 25.1. The third-order valence-electron chi connectivity index (χ3n) is 5.46. The first-order valence-corrected chi connectivity index (χ1v) is 12.7. The summed E-state index contributed by atoms with van der Waals surface area (Å²) in [6, 6.07) is 9.05. The molecule has 0 spiro atoms. The highest BCUT2D eigenvalue weighted by Gasteiger charge is 2.32. The molecule has 3 aromatic heterocycles. The highest BCUT2D eigenvalue weighted by Crippen LogP contribution is 2.32. The van der Waals surface area contributed by atoms with Crippen LogP contribution in [-0.2, 0) is 9.53 Å². The zero-order chi connectivity index (χ0) is 26.0. The number of anilines is 3. The van der Waals surface area contributed by atoms with Crippen molar-refractivity contribution in [2.45, 2.75) is 24.9 Å². The maximum atomic E-state index is 12.8. The lowest BCUT2D eigenvalue weighted by Gasteiger charge is -2.16. The number of halogens is 3. The Balaban J connectivity index is 1.18. The highest BCUT2D eigenvalue weighted by atomic mass is 32.1. The lowest BCUT2D eigenvalue weighted by molar-refractivity contribution is -0.274. The number of hydrogen-bond donors (Lipinski definition) is 2. The van der Waals surface area contributed by atoms with E-state index in [0.717, 1.165) is 58.5 Å². The van der Waals surface area contributed by atoms with Crippen LogP contribution < -0.4 is 20.3 Å². The molecule has 0 unspecified atom stereocenters. The number of pyridine rings is 1. The number of alkyl halides is 3. The lowest BCUT2D eigenvalue weighted by atomic mass is 10.1. The van der Waals surface area contributed by atoms with Crippen molar-refractivity contribution in [2.24, 2.45) is 0 Å². The molecule has 15 heteroatoms. The largest absolute Gasteiger partial charge is 0.573 e. The summed E-state index contributed by atoms with van der Waals surface area (Å²) in [5, 5.41) is 15.7. The van der Waals surface area contributed by atoms with Crippen LogP contribution in [0, 0.1) is 0 Å². The fourth-order valence-electron chi connectivity index (χ4n) is 3.89. The quantitative estimate of drug-likeness (QED) is 0.328. The van der Waals surface area contributed by atoms with Gasteiger partial charge in [-0.05, 0) is 36.2 Å². The van der Waals surface area contributed by atoms with Crippen molar-refractivity contribution >= 4 is 54.3 Å². The van der Waals surface area contributed by atoms with E-state index in [2.05, 4.69) is 40.4 Å². The van der Waals surface area contributed by atoms with Crippen LogP contribution in [0.15, 0.2) is 42.6 Å². The van der Waals surface area contributed by atoms with Gasteiger partial charge >= 0.3 is 6.36 Å².